The molecule has 0 amide bonds. The fourth-order valence-electron chi connectivity index (χ4n) is 2.89. The molecule has 1 aromatic carbocycles. The fourth-order valence-corrected chi connectivity index (χ4v) is 2.89. The van der Waals surface area contributed by atoms with Crippen LogP contribution in [0.2, 0.25) is 0 Å². The average molecular weight is 277 g/mol. The first-order chi connectivity index (χ1) is 9.58. The number of carbonyl (C=O) groups is 1. The van der Waals surface area contributed by atoms with E-state index in [4.69, 9.17) is 4.74 Å². The summed E-state index contributed by atoms with van der Waals surface area (Å²) >= 11 is 0. The van der Waals surface area contributed by atoms with E-state index >= 15 is 0 Å². The van der Waals surface area contributed by atoms with Gasteiger partial charge in [0, 0.05) is 11.6 Å². The molecule has 1 aromatic rings. The lowest BCUT2D eigenvalue weighted by atomic mass is 9.90. The van der Waals surface area contributed by atoms with Gasteiger partial charge in [-0.15, -0.1) is 0 Å². The van der Waals surface area contributed by atoms with Crippen molar-refractivity contribution in [2.75, 3.05) is 6.61 Å². The van der Waals surface area contributed by atoms with Crippen LogP contribution >= 0.6 is 0 Å². The first kappa shape index (κ1) is 14.9. The molecular weight excluding hydrogens is 254 g/mol. The summed E-state index contributed by atoms with van der Waals surface area (Å²) in [4.78, 5) is 11.8. The molecule has 1 saturated carbocycles. The van der Waals surface area contributed by atoms with E-state index < -0.39 is 11.5 Å². The molecule has 1 fully saturated rings. The largest absolute Gasteiger partial charge is 0.494 e. The molecule has 110 valence electrons. The molecule has 0 bridgehead atoms. The maximum atomic E-state index is 11.8. The molecule has 1 unspecified atom stereocenters. The zero-order chi connectivity index (χ0) is 14.6. The maximum absolute atomic E-state index is 11.8. The first-order valence-corrected chi connectivity index (χ1v) is 7.31. The summed E-state index contributed by atoms with van der Waals surface area (Å²) in [5, 5.41) is 13.0. The smallest absolute Gasteiger partial charge is 0.328 e. The van der Waals surface area contributed by atoms with Crippen molar-refractivity contribution in [2.24, 2.45) is 0 Å². The number of carboxylic acid groups (broad SMARTS) is 1. The highest BCUT2D eigenvalue weighted by molar-refractivity contribution is 5.81. The summed E-state index contributed by atoms with van der Waals surface area (Å²) in [6.45, 7) is 4.15. The van der Waals surface area contributed by atoms with Gasteiger partial charge >= 0.3 is 5.97 Å². The maximum Gasteiger partial charge on any atom is 0.328 e. The third-order valence-corrected chi connectivity index (χ3v) is 4.00. The Morgan fingerprint density at radius 1 is 1.40 bits per heavy atom. The van der Waals surface area contributed by atoms with Crippen LogP contribution in [0.4, 0.5) is 0 Å². The van der Waals surface area contributed by atoms with Crippen molar-refractivity contribution in [3.05, 3.63) is 29.8 Å². The van der Waals surface area contributed by atoms with Crippen LogP contribution in [0, 0.1) is 0 Å². The van der Waals surface area contributed by atoms with Crippen LogP contribution in [0.1, 0.15) is 45.1 Å². The summed E-state index contributed by atoms with van der Waals surface area (Å²) in [5.74, 6) is -0.220. The van der Waals surface area contributed by atoms with Gasteiger partial charge in [-0.25, -0.2) is 4.79 Å². The number of benzene rings is 1. The van der Waals surface area contributed by atoms with Crippen LogP contribution in [-0.4, -0.2) is 23.7 Å². The van der Waals surface area contributed by atoms with Crippen LogP contribution in [0.15, 0.2) is 24.3 Å². The third-order valence-electron chi connectivity index (χ3n) is 4.00. The minimum Gasteiger partial charge on any atom is -0.494 e. The molecule has 0 saturated heterocycles. The molecule has 0 aliphatic heterocycles. The Labute approximate surface area is 120 Å². The summed E-state index contributed by atoms with van der Waals surface area (Å²) in [6.07, 6.45) is 4.42. The predicted molar refractivity (Wildman–Crippen MR) is 78.0 cm³/mol. The highest BCUT2D eigenvalue weighted by Crippen LogP contribution is 2.32. The first-order valence-electron chi connectivity index (χ1n) is 7.31. The topological polar surface area (TPSA) is 58.6 Å². The normalized spacial score (nSPS) is 18.7. The lowest BCUT2D eigenvalue weighted by Crippen LogP contribution is -2.50. The van der Waals surface area contributed by atoms with Gasteiger partial charge in [-0.1, -0.05) is 31.0 Å². The second kappa shape index (κ2) is 6.27. The zero-order valence-electron chi connectivity index (χ0n) is 12.2. The second-order valence-corrected chi connectivity index (χ2v) is 5.49. The SMILES string of the molecule is CCOc1ccccc1C(C)(NC1CCCC1)C(=O)O. The van der Waals surface area contributed by atoms with Gasteiger partial charge in [0.05, 0.1) is 6.61 Å². The number of hydrogen-bond donors (Lipinski definition) is 2. The van der Waals surface area contributed by atoms with E-state index in [0.717, 1.165) is 12.8 Å². The second-order valence-electron chi connectivity index (χ2n) is 5.49. The molecule has 2 N–H and O–H groups in total. The monoisotopic (exact) mass is 277 g/mol. The molecule has 2 rings (SSSR count). The summed E-state index contributed by atoms with van der Waals surface area (Å²) in [6, 6.07) is 7.66. The average Bonchev–Trinajstić information content (AvgIpc) is 2.92. The number of carboxylic acids is 1. The quantitative estimate of drug-likeness (QED) is 0.839. The highest BCUT2D eigenvalue weighted by Gasteiger charge is 2.39. The van der Waals surface area contributed by atoms with Gasteiger partial charge in [-0.3, -0.25) is 5.32 Å². The fraction of sp³-hybridized carbons (Fsp3) is 0.562. The lowest BCUT2D eigenvalue weighted by molar-refractivity contribution is -0.145. The third kappa shape index (κ3) is 2.96. The van der Waals surface area contributed by atoms with E-state index in [1.807, 2.05) is 31.2 Å². The zero-order valence-corrected chi connectivity index (χ0v) is 12.2. The number of aliphatic carboxylic acids is 1. The molecular formula is C16H23NO3. The van der Waals surface area contributed by atoms with Crippen molar-refractivity contribution < 1.29 is 14.6 Å². The van der Waals surface area contributed by atoms with Gasteiger partial charge in [0.2, 0.25) is 0 Å². The van der Waals surface area contributed by atoms with Crippen molar-refractivity contribution >= 4 is 5.97 Å². The van der Waals surface area contributed by atoms with Crippen molar-refractivity contribution in [2.45, 2.75) is 51.1 Å². The molecule has 0 spiro atoms. The number of nitrogens with one attached hydrogen (secondary N) is 1. The molecule has 1 atom stereocenters. The van der Waals surface area contributed by atoms with Crippen molar-refractivity contribution in [1.82, 2.24) is 5.32 Å². The minimum atomic E-state index is -1.11. The van der Waals surface area contributed by atoms with E-state index in [0.29, 0.717) is 17.9 Å². The van der Waals surface area contributed by atoms with E-state index in [9.17, 15) is 9.90 Å². The molecule has 1 aliphatic carbocycles. The van der Waals surface area contributed by atoms with Gasteiger partial charge in [-0.05, 0) is 32.8 Å². The standard InChI is InChI=1S/C16H23NO3/c1-3-20-14-11-7-6-10-13(14)16(2,15(18)19)17-12-8-4-5-9-12/h6-7,10-12,17H,3-5,8-9H2,1-2H3,(H,18,19). The minimum absolute atomic E-state index is 0.269. The Bertz CT molecular complexity index is 469. The molecule has 0 heterocycles. The Morgan fingerprint density at radius 2 is 2.05 bits per heavy atom. The number of rotatable bonds is 6. The van der Waals surface area contributed by atoms with Crippen molar-refractivity contribution in [1.29, 1.82) is 0 Å². The van der Waals surface area contributed by atoms with Gasteiger partial charge < -0.3 is 9.84 Å². The van der Waals surface area contributed by atoms with Crippen LogP contribution in [-0.2, 0) is 10.3 Å². The van der Waals surface area contributed by atoms with E-state index in [-0.39, 0.29) is 6.04 Å². The summed E-state index contributed by atoms with van der Waals surface area (Å²) in [7, 11) is 0. The van der Waals surface area contributed by atoms with E-state index in [2.05, 4.69) is 5.32 Å². The number of para-hydroxylation sites is 1. The molecule has 20 heavy (non-hydrogen) atoms. The van der Waals surface area contributed by atoms with Gasteiger partial charge in [0.15, 0.2) is 0 Å². The Hall–Kier alpha value is -1.55. The molecule has 0 aromatic heterocycles. The molecule has 0 radical (unpaired) electrons. The van der Waals surface area contributed by atoms with E-state index in [1.54, 1.807) is 6.92 Å². The van der Waals surface area contributed by atoms with Crippen LogP contribution in [0.5, 0.6) is 5.75 Å². The number of ether oxygens (including phenoxy) is 1. The van der Waals surface area contributed by atoms with Gasteiger partial charge in [0.1, 0.15) is 11.3 Å². The van der Waals surface area contributed by atoms with E-state index in [1.165, 1.54) is 12.8 Å². The molecule has 4 nitrogen and oxygen atoms in total. The summed E-state index contributed by atoms with van der Waals surface area (Å²) < 4.78 is 5.59. The van der Waals surface area contributed by atoms with Crippen molar-refractivity contribution in [3.8, 4) is 5.75 Å². The van der Waals surface area contributed by atoms with Crippen LogP contribution in [0.3, 0.4) is 0 Å². The van der Waals surface area contributed by atoms with Crippen molar-refractivity contribution in [3.63, 3.8) is 0 Å². The summed E-state index contributed by atoms with van der Waals surface area (Å²) in [5.41, 5.74) is -0.415. The van der Waals surface area contributed by atoms with Gasteiger partial charge in [-0.2, -0.15) is 0 Å². The highest BCUT2D eigenvalue weighted by atomic mass is 16.5. The Balaban J connectivity index is 2.33. The molecule has 4 heteroatoms. The Morgan fingerprint density at radius 3 is 2.65 bits per heavy atom. The lowest BCUT2D eigenvalue weighted by Gasteiger charge is -2.31. The molecule has 1 aliphatic rings. The van der Waals surface area contributed by atoms with Crippen LogP contribution < -0.4 is 10.1 Å². The number of hydrogen-bond acceptors (Lipinski definition) is 3. The van der Waals surface area contributed by atoms with Gasteiger partial charge in [0.25, 0.3) is 0 Å². The Kier molecular flexibility index (Phi) is 4.65. The predicted octanol–water partition coefficient (Wildman–Crippen LogP) is 2.92. The van der Waals surface area contributed by atoms with Crippen LogP contribution in [0.25, 0.3) is 0 Å².